The van der Waals surface area contributed by atoms with Crippen molar-refractivity contribution in [1.29, 1.82) is 0 Å². The van der Waals surface area contributed by atoms with Crippen LogP contribution in [0.15, 0.2) is 48.7 Å². The number of esters is 1. The first kappa shape index (κ1) is 36.7. The van der Waals surface area contributed by atoms with Crippen LogP contribution in [-0.2, 0) is 27.4 Å². The molecule has 1 N–H and O–H groups in total. The van der Waals surface area contributed by atoms with Crippen molar-refractivity contribution in [3.63, 3.8) is 0 Å². The first-order valence-electron chi connectivity index (χ1n) is 17.0. The molecule has 1 aromatic heterocycles. The molecule has 0 radical (unpaired) electrons. The van der Waals surface area contributed by atoms with Crippen LogP contribution in [0, 0.1) is 0 Å². The van der Waals surface area contributed by atoms with Crippen LogP contribution in [0.2, 0.25) is 10.0 Å². The molecule has 2 heterocycles. The summed E-state index contributed by atoms with van der Waals surface area (Å²) in [5, 5.41) is 4.82. The average Bonchev–Trinajstić information content (AvgIpc) is 3.57. The van der Waals surface area contributed by atoms with Crippen molar-refractivity contribution in [2.24, 2.45) is 0 Å². The first-order chi connectivity index (χ1) is 23.3. The van der Waals surface area contributed by atoms with E-state index in [2.05, 4.69) is 17.4 Å². The Labute approximate surface area is 300 Å². The third-order valence-electron chi connectivity index (χ3n) is 8.91. The van der Waals surface area contributed by atoms with Gasteiger partial charge < -0.3 is 24.6 Å². The highest BCUT2D eigenvalue weighted by atomic mass is 35.5. The van der Waals surface area contributed by atoms with E-state index >= 15 is 0 Å². The minimum Gasteiger partial charge on any atom is -0.461 e. The van der Waals surface area contributed by atoms with Gasteiger partial charge in [0.2, 0.25) is 0 Å². The van der Waals surface area contributed by atoms with E-state index < -0.39 is 17.7 Å². The van der Waals surface area contributed by atoms with Crippen LogP contribution in [-0.4, -0.2) is 78.4 Å². The maximum atomic E-state index is 13.3. The molecular formula is C37H48Cl2N6O4. The van der Waals surface area contributed by atoms with Crippen LogP contribution in [0.5, 0.6) is 0 Å². The fourth-order valence-corrected chi connectivity index (χ4v) is 6.81. The summed E-state index contributed by atoms with van der Waals surface area (Å²) < 4.78 is 11.5. The van der Waals surface area contributed by atoms with E-state index in [1.165, 1.54) is 0 Å². The fraction of sp³-hybridized carbons (Fsp3) is 0.514. The number of carbonyl (C=O) groups excluding carboxylic acids is 2. The second-order valence-electron chi connectivity index (χ2n) is 14.2. The molecule has 1 saturated carbocycles. The van der Waals surface area contributed by atoms with E-state index in [1.54, 1.807) is 11.1 Å². The van der Waals surface area contributed by atoms with Gasteiger partial charge in [0.1, 0.15) is 17.7 Å². The highest BCUT2D eigenvalue weighted by Crippen LogP contribution is 2.32. The molecule has 0 spiro atoms. The number of ether oxygens (including phenoxy) is 2. The van der Waals surface area contributed by atoms with Crippen molar-refractivity contribution >= 4 is 46.9 Å². The average molecular weight is 712 g/mol. The van der Waals surface area contributed by atoms with Gasteiger partial charge in [-0.3, -0.25) is 4.90 Å². The predicted octanol–water partition coefficient (Wildman–Crippen LogP) is 7.50. The van der Waals surface area contributed by atoms with E-state index in [9.17, 15) is 9.59 Å². The molecule has 2 aliphatic rings. The summed E-state index contributed by atoms with van der Waals surface area (Å²) in [5.74, 6) is 1.11. The molecule has 264 valence electrons. The van der Waals surface area contributed by atoms with E-state index in [1.807, 2.05) is 82.0 Å². The van der Waals surface area contributed by atoms with Gasteiger partial charge in [-0.15, -0.1) is 0 Å². The highest BCUT2D eigenvalue weighted by molar-refractivity contribution is 6.36. The zero-order chi connectivity index (χ0) is 35.3. The Morgan fingerprint density at radius 3 is 2.29 bits per heavy atom. The lowest BCUT2D eigenvalue weighted by molar-refractivity contribution is -0.156. The number of hydrogen-bond donors (Lipinski definition) is 1. The number of carbonyl (C=O) groups is 2. The molecular weight excluding hydrogens is 663 g/mol. The Kier molecular flexibility index (Phi) is 11.9. The standard InChI is InChI=1S/C37H48Cl2N6O4/c1-37(2,3)49-36(47)45-19-18-26(20-32(45)35(46)48-27-10-7-8-11-27)40-21-24-14-16-25(17-15-24)31-22-41-33(43(4)5)34(42-31)44(6)23-28-29(38)12-9-13-30(28)39/h9,12-17,22,26-27,32,40H,7-8,10-11,18-21,23H2,1-6H3/t26?,32-/m1/s1. The zero-order valence-corrected chi connectivity index (χ0v) is 30.9. The minimum absolute atomic E-state index is 0.0358. The predicted molar refractivity (Wildman–Crippen MR) is 195 cm³/mol. The van der Waals surface area contributed by atoms with Crippen molar-refractivity contribution in [3.05, 3.63) is 69.8 Å². The van der Waals surface area contributed by atoms with E-state index in [-0.39, 0.29) is 18.1 Å². The lowest BCUT2D eigenvalue weighted by atomic mass is 9.97. The number of amides is 1. The molecule has 1 saturated heterocycles. The number of rotatable bonds is 10. The monoisotopic (exact) mass is 710 g/mol. The third-order valence-corrected chi connectivity index (χ3v) is 9.62. The normalized spacial score (nSPS) is 18.3. The number of nitrogens with one attached hydrogen (secondary N) is 1. The van der Waals surface area contributed by atoms with Gasteiger partial charge in [-0.1, -0.05) is 53.5 Å². The number of likely N-dealkylation sites (tertiary alicyclic amines) is 1. The molecule has 5 rings (SSSR count). The second kappa shape index (κ2) is 16.0. The van der Waals surface area contributed by atoms with Crippen LogP contribution in [0.4, 0.5) is 16.4 Å². The quantitative estimate of drug-likeness (QED) is 0.215. The Balaban J connectivity index is 1.25. The van der Waals surface area contributed by atoms with Crippen molar-refractivity contribution in [2.75, 3.05) is 37.5 Å². The minimum atomic E-state index is -0.686. The van der Waals surface area contributed by atoms with Gasteiger partial charge in [0.15, 0.2) is 11.6 Å². The van der Waals surface area contributed by atoms with Gasteiger partial charge in [0.05, 0.1) is 11.9 Å². The number of anilines is 2. The number of benzene rings is 2. The zero-order valence-electron chi connectivity index (χ0n) is 29.3. The summed E-state index contributed by atoms with van der Waals surface area (Å²) in [7, 11) is 5.83. The number of hydrogen-bond acceptors (Lipinski definition) is 9. The Morgan fingerprint density at radius 2 is 1.65 bits per heavy atom. The lowest BCUT2D eigenvalue weighted by Gasteiger charge is -2.39. The molecule has 1 aliphatic heterocycles. The van der Waals surface area contributed by atoms with Crippen molar-refractivity contribution in [3.8, 4) is 11.3 Å². The summed E-state index contributed by atoms with van der Waals surface area (Å²) in [4.78, 5) is 41.6. The van der Waals surface area contributed by atoms with E-state index in [0.29, 0.717) is 48.3 Å². The van der Waals surface area contributed by atoms with Crippen LogP contribution in [0.3, 0.4) is 0 Å². The SMILES string of the molecule is CN(C)c1ncc(-c2ccc(CNC3CCN(C(=O)OC(C)(C)C)[C@@H](C(=O)OC4CCCC4)C3)cc2)nc1N(C)Cc1c(Cl)cccc1Cl. The fourth-order valence-electron chi connectivity index (χ4n) is 6.30. The van der Waals surface area contributed by atoms with Gasteiger partial charge in [-0.2, -0.15) is 0 Å². The Morgan fingerprint density at radius 1 is 0.980 bits per heavy atom. The molecule has 3 aromatic rings. The lowest BCUT2D eigenvalue weighted by Crippen LogP contribution is -2.55. The van der Waals surface area contributed by atoms with Crippen LogP contribution in [0.25, 0.3) is 11.3 Å². The molecule has 2 atom stereocenters. The summed E-state index contributed by atoms with van der Waals surface area (Å²) in [6.45, 7) is 6.99. The molecule has 49 heavy (non-hydrogen) atoms. The van der Waals surface area contributed by atoms with Crippen molar-refractivity contribution in [2.45, 2.75) is 96.2 Å². The summed E-state index contributed by atoms with van der Waals surface area (Å²) in [6, 6.07) is 13.1. The van der Waals surface area contributed by atoms with Crippen LogP contribution in [0.1, 0.15) is 70.4 Å². The summed E-state index contributed by atoms with van der Waals surface area (Å²) >= 11 is 12.9. The molecule has 2 aromatic carbocycles. The number of piperidine rings is 1. The van der Waals surface area contributed by atoms with Crippen molar-refractivity contribution in [1.82, 2.24) is 20.2 Å². The number of nitrogens with zero attached hydrogens (tertiary/aromatic N) is 5. The first-order valence-corrected chi connectivity index (χ1v) is 17.8. The number of aromatic nitrogens is 2. The smallest absolute Gasteiger partial charge is 0.411 e. The van der Waals surface area contributed by atoms with E-state index in [0.717, 1.165) is 53.9 Å². The number of halogens is 2. The maximum Gasteiger partial charge on any atom is 0.411 e. The van der Waals surface area contributed by atoms with Gasteiger partial charge in [0.25, 0.3) is 0 Å². The molecule has 1 aliphatic carbocycles. The Hall–Kier alpha value is -3.60. The van der Waals surface area contributed by atoms with Gasteiger partial charge in [-0.05, 0) is 77.0 Å². The molecule has 2 fully saturated rings. The van der Waals surface area contributed by atoms with Crippen LogP contribution >= 0.6 is 23.2 Å². The molecule has 10 nitrogen and oxygen atoms in total. The molecule has 1 amide bonds. The maximum absolute atomic E-state index is 13.3. The molecule has 1 unspecified atom stereocenters. The van der Waals surface area contributed by atoms with Gasteiger partial charge >= 0.3 is 12.1 Å². The van der Waals surface area contributed by atoms with Crippen LogP contribution < -0.4 is 15.1 Å². The van der Waals surface area contributed by atoms with Crippen molar-refractivity contribution < 1.29 is 19.1 Å². The third kappa shape index (κ3) is 9.55. The highest BCUT2D eigenvalue weighted by Gasteiger charge is 2.40. The second-order valence-corrected chi connectivity index (χ2v) is 15.0. The molecule has 0 bridgehead atoms. The van der Waals surface area contributed by atoms with E-state index in [4.69, 9.17) is 42.6 Å². The van der Waals surface area contributed by atoms with Gasteiger partial charge in [-0.25, -0.2) is 19.6 Å². The largest absolute Gasteiger partial charge is 0.461 e. The Bertz CT molecular complexity index is 1590. The topological polar surface area (TPSA) is 100 Å². The van der Waals surface area contributed by atoms with Gasteiger partial charge in [0, 0.05) is 68.0 Å². The molecule has 12 heteroatoms. The summed E-state index contributed by atoms with van der Waals surface area (Å²) in [6.07, 6.45) is 6.29. The summed E-state index contributed by atoms with van der Waals surface area (Å²) in [5.41, 5.74) is 2.95.